The van der Waals surface area contributed by atoms with E-state index in [0.29, 0.717) is 24.3 Å². The van der Waals surface area contributed by atoms with Crippen LogP contribution < -0.4 is 0 Å². The maximum atomic E-state index is 13.0. The fourth-order valence-corrected chi connectivity index (χ4v) is 5.11. The van der Waals surface area contributed by atoms with Crippen LogP contribution in [0.5, 0.6) is 5.75 Å². The van der Waals surface area contributed by atoms with Gasteiger partial charge in [-0.3, -0.25) is 14.4 Å². The first-order chi connectivity index (χ1) is 11.0. The molecular formula is C19H20O4. The Morgan fingerprint density at radius 2 is 1.83 bits per heavy atom. The summed E-state index contributed by atoms with van der Waals surface area (Å²) in [6.07, 6.45) is 2.95. The van der Waals surface area contributed by atoms with E-state index in [9.17, 15) is 19.5 Å². The molecule has 0 aromatic heterocycles. The van der Waals surface area contributed by atoms with Crippen molar-refractivity contribution in [2.75, 3.05) is 0 Å². The van der Waals surface area contributed by atoms with E-state index in [1.807, 2.05) is 0 Å². The molecule has 4 rings (SSSR count). The minimum absolute atomic E-state index is 0.120. The highest BCUT2D eigenvalue weighted by atomic mass is 16.3. The molecule has 0 amide bonds. The Hall–Kier alpha value is -1.97. The largest absolute Gasteiger partial charge is 0.507 e. The van der Waals surface area contributed by atoms with Crippen molar-refractivity contribution in [3.8, 4) is 5.75 Å². The Bertz CT molecular complexity index is 720. The van der Waals surface area contributed by atoms with E-state index in [1.54, 1.807) is 12.1 Å². The molecule has 0 aliphatic heterocycles. The molecule has 4 heteroatoms. The first-order valence-corrected chi connectivity index (χ1v) is 8.42. The second-order valence-corrected chi connectivity index (χ2v) is 7.44. The van der Waals surface area contributed by atoms with E-state index < -0.39 is 11.8 Å². The summed E-state index contributed by atoms with van der Waals surface area (Å²) in [6, 6.07) is 4.64. The predicted molar refractivity (Wildman–Crippen MR) is 83.4 cm³/mol. The lowest BCUT2D eigenvalue weighted by molar-refractivity contribution is -0.132. The van der Waals surface area contributed by atoms with Crippen molar-refractivity contribution in [1.29, 1.82) is 0 Å². The Morgan fingerprint density at radius 1 is 1.04 bits per heavy atom. The molecule has 0 bridgehead atoms. The van der Waals surface area contributed by atoms with Gasteiger partial charge >= 0.3 is 0 Å². The van der Waals surface area contributed by atoms with Crippen molar-refractivity contribution in [1.82, 2.24) is 0 Å². The number of hydrogen-bond donors (Lipinski definition) is 1. The van der Waals surface area contributed by atoms with Gasteiger partial charge in [-0.1, -0.05) is 19.1 Å². The monoisotopic (exact) mass is 312 g/mol. The van der Waals surface area contributed by atoms with E-state index in [4.69, 9.17) is 0 Å². The third-order valence-electron chi connectivity index (χ3n) is 6.00. The lowest BCUT2D eigenvalue weighted by Gasteiger charge is -2.46. The van der Waals surface area contributed by atoms with Crippen LogP contribution in [0.4, 0.5) is 0 Å². The normalized spacial score (nSPS) is 36.2. The molecule has 1 N–H and O–H groups in total. The first kappa shape index (κ1) is 14.6. The average Bonchev–Trinajstić information content (AvgIpc) is 2.51. The third kappa shape index (κ3) is 2.00. The van der Waals surface area contributed by atoms with Gasteiger partial charge < -0.3 is 5.11 Å². The predicted octanol–water partition coefficient (Wildman–Crippen LogP) is 3.03. The van der Waals surface area contributed by atoms with Gasteiger partial charge in [0.15, 0.2) is 11.6 Å². The van der Waals surface area contributed by atoms with Gasteiger partial charge in [0.25, 0.3) is 0 Å². The van der Waals surface area contributed by atoms with Gasteiger partial charge in [0, 0.05) is 29.7 Å². The molecule has 23 heavy (non-hydrogen) atoms. The number of rotatable bonds is 0. The van der Waals surface area contributed by atoms with Gasteiger partial charge in [-0.15, -0.1) is 0 Å². The van der Waals surface area contributed by atoms with Crippen molar-refractivity contribution in [2.24, 2.45) is 29.6 Å². The van der Waals surface area contributed by atoms with E-state index in [1.165, 1.54) is 6.07 Å². The van der Waals surface area contributed by atoms with Crippen LogP contribution in [0.1, 0.15) is 53.3 Å². The Morgan fingerprint density at radius 3 is 2.61 bits per heavy atom. The summed E-state index contributed by atoms with van der Waals surface area (Å²) in [4.78, 5) is 38.5. The number of benzene rings is 1. The fraction of sp³-hybridized carbons (Fsp3) is 0.526. The van der Waals surface area contributed by atoms with Crippen molar-refractivity contribution in [3.63, 3.8) is 0 Å². The van der Waals surface area contributed by atoms with Crippen LogP contribution in [-0.4, -0.2) is 22.5 Å². The summed E-state index contributed by atoms with van der Waals surface area (Å²) in [6.45, 7) is 2.08. The number of phenolic OH excluding ortho intramolecular Hbond substituents is 1. The van der Waals surface area contributed by atoms with Crippen LogP contribution in [0, 0.1) is 29.6 Å². The van der Waals surface area contributed by atoms with Crippen molar-refractivity contribution in [2.45, 2.75) is 32.6 Å². The van der Waals surface area contributed by atoms with Gasteiger partial charge in [0.05, 0.1) is 5.56 Å². The summed E-state index contributed by atoms with van der Waals surface area (Å²) in [5, 5.41) is 10.0. The summed E-state index contributed by atoms with van der Waals surface area (Å²) in [5.74, 6) is -0.938. The third-order valence-corrected chi connectivity index (χ3v) is 6.00. The molecule has 5 atom stereocenters. The summed E-state index contributed by atoms with van der Waals surface area (Å²) >= 11 is 0. The Labute approximate surface area is 134 Å². The minimum Gasteiger partial charge on any atom is -0.507 e. The van der Waals surface area contributed by atoms with E-state index in [2.05, 4.69) is 6.92 Å². The molecule has 3 aliphatic carbocycles. The van der Waals surface area contributed by atoms with Gasteiger partial charge in [-0.2, -0.15) is 0 Å². The molecular weight excluding hydrogens is 292 g/mol. The fourth-order valence-electron chi connectivity index (χ4n) is 5.11. The number of carbonyl (C=O) groups excluding carboxylic acids is 3. The maximum absolute atomic E-state index is 13.0. The number of carbonyl (C=O) groups is 3. The molecule has 2 saturated carbocycles. The molecule has 0 saturated heterocycles. The van der Waals surface area contributed by atoms with Gasteiger partial charge in [-0.25, -0.2) is 0 Å². The molecule has 2 fully saturated rings. The van der Waals surface area contributed by atoms with Crippen LogP contribution >= 0.6 is 0 Å². The van der Waals surface area contributed by atoms with Crippen LogP contribution in [0.2, 0.25) is 0 Å². The zero-order valence-corrected chi connectivity index (χ0v) is 13.1. The molecule has 1 aromatic carbocycles. The Balaban J connectivity index is 1.81. The molecule has 0 spiro atoms. The number of hydrogen-bond acceptors (Lipinski definition) is 4. The van der Waals surface area contributed by atoms with E-state index >= 15 is 0 Å². The van der Waals surface area contributed by atoms with Crippen LogP contribution in [0.3, 0.4) is 0 Å². The van der Waals surface area contributed by atoms with Crippen LogP contribution in [0.25, 0.3) is 0 Å². The molecule has 0 heterocycles. The van der Waals surface area contributed by atoms with E-state index in [-0.39, 0.29) is 40.5 Å². The molecule has 120 valence electrons. The van der Waals surface area contributed by atoms with Gasteiger partial charge in [0.2, 0.25) is 0 Å². The second-order valence-electron chi connectivity index (χ2n) is 7.44. The SMILES string of the molecule is CC1CC(=O)C2C(CCC3C(=O)c4c(O)cccc4C(=O)C32)C1. The molecule has 3 aliphatic rings. The van der Waals surface area contributed by atoms with Crippen LogP contribution in [0.15, 0.2) is 18.2 Å². The maximum Gasteiger partial charge on any atom is 0.171 e. The number of Topliss-reactive ketones (excluding diaryl/α,β-unsaturated/α-hetero) is 3. The smallest absolute Gasteiger partial charge is 0.171 e. The summed E-state index contributed by atoms with van der Waals surface area (Å²) < 4.78 is 0. The highest BCUT2D eigenvalue weighted by molar-refractivity contribution is 6.18. The van der Waals surface area contributed by atoms with Crippen molar-refractivity contribution in [3.05, 3.63) is 29.3 Å². The van der Waals surface area contributed by atoms with Crippen molar-refractivity contribution >= 4 is 17.3 Å². The zero-order valence-electron chi connectivity index (χ0n) is 13.1. The lowest BCUT2D eigenvalue weighted by Crippen LogP contribution is -2.51. The molecule has 0 radical (unpaired) electrons. The quantitative estimate of drug-likeness (QED) is 0.799. The summed E-state index contributed by atoms with van der Waals surface area (Å²) in [7, 11) is 0. The Kier molecular flexibility index (Phi) is 3.19. The topological polar surface area (TPSA) is 71.4 Å². The highest BCUT2D eigenvalue weighted by Gasteiger charge is 2.54. The van der Waals surface area contributed by atoms with Gasteiger partial charge in [-0.05, 0) is 37.2 Å². The lowest BCUT2D eigenvalue weighted by atomic mass is 9.55. The average molecular weight is 312 g/mol. The zero-order chi connectivity index (χ0) is 16.3. The molecule has 1 aromatic rings. The first-order valence-electron chi connectivity index (χ1n) is 8.42. The number of phenols is 1. The van der Waals surface area contributed by atoms with E-state index in [0.717, 1.165) is 12.8 Å². The van der Waals surface area contributed by atoms with Crippen LogP contribution in [-0.2, 0) is 4.79 Å². The number of fused-ring (bicyclic) bond motifs is 4. The summed E-state index contributed by atoms with van der Waals surface area (Å²) in [5.41, 5.74) is 0.456. The minimum atomic E-state index is -0.518. The number of aromatic hydroxyl groups is 1. The molecule has 5 unspecified atom stereocenters. The number of ketones is 3. The van der Waals surface area contributed by atoms with Gasteiger partial charge in [0.1, 0.15) is 11.5 Å². The van der Waals surface area contributed by atoms with Crippen molar-refractivity contribution < 1.29 is 19.5 Å². The standard InChI is InChI=1S/C19H20O4/c1-9-7-10-5-6-12-17(15(10)14(21)8-9)19(23)11-3-2-4-13(20)16(11)18(12)22/h2-4,9-10,12,15,17,20H,5-8H2,1H3. The molecule has 4 nitrogen and oxygen atoms in total. The highest BCUT2D eigenvalue weighted by Crippen LogP contribution is 2.51. The second kappa shape index (κ2) is 5.02.